The van der Waals surface area contributed by atoms with Crippen molar-refractivity contribution in [2.75, 3.05) is 0 Å². The Morgan fingerprint density at radius 1 is 1.14 bits per heavy atom. The maximum atomic E-state index is 12.7. The summed E-state index contributed by atoms with van der Waals surface area (Å²) in [6, 6.07) is 5.00. The normalized spacial score (nSPS) is 36.7. The first kappa shape index (κ1) is 13.2. The third-order valence-corrected chi connectivity index (χ3v) is 5.87. The largest absolute Gasteiger partial charge is 0.508 e. The molecule has 4 bridgehead atoms. The third-order valence-electron chi connectivity index (χ3n) is 5.87. The lowest BCUT2D eigenvalue weighted by Crippen LogP contribution is -2.59. The molecule has 0 radical (unpaired) electrons. The van der Waals surface area contributed by atoms with Gasteiger partial charge in [-0.25, -0.2) is 0 Å². The Bertz CT molecular complexity index is 558. The van der Waals surface area contributed by atoms with Gasteiger partial charge in [0.05, 0.1) is 0 Å². The van der Waals surface area contributed by atoms with Crippen LogP contribution in [0.4, 0.5) is 0 Å². The molecule has 4 aliphatic carbocycles. The molecule has 0 heterocycles. The van der Waals surface area contributed by atoms with Gasteiger partial charge in [0, 0.05) is 11.1 Å². The lowest BCUT2D eigenvalue weighted by atomic mass is 9.53. The van der Waals surface area contributed by atoms with Gasteiger partial charge in [-0.05, 0) is 87.0 Å². The third kappa shape index (κ3) is 2.23. The van der Waals surface area contributed by atoms with Crippen LogP contribution in [0.25, 0.3) is 0 Å². The maximum absolute atomic E-state index is 12.7. The quantitative estimate of drug-likeness (QED) is 0.875. The number of aryl methyl sites for hydroxylation is 1. The zero-order valence-electron chi connectivity index (χ0n) is 12.6. The van der Waals surface area contributed by atoms with Gasteiger partial charge in [-0.15, -0.1) is 0 Å². The fraction of sp³-hybridized carbons (Fsp3) is 0.611. The van der Waals surface area contributed by atoms with Crippen molar-refractivity contribution in [1.29, 1.82) is 0 Å². The molecule has 4 saturated carbocycles. The summed E-state index contributed by atoms with van der Waals surface area (Å²) < 4.78 is 0. The second kappa shape index (κ2) is 4.49. The molecule has 3 heteroatoms. The van der Waals surface area contributed by atoms with E-state index in [0.29, 0.717) is 5.56 Å². The highest BCUT2D eigenvalue weighted by Crippen LogP contribution is 2.55. The lowest BCUT2D eigenvalue weighted by molar-refractivity contribution is -0.0167. The van der Waals surface area contributed by atoms with E-state index in [9.17, 15) is 9.90 Å². The Balaban J connectivity index is 1.57. The highest BCUT2D eigenvalue weighted by molar-refractivity contribution is 5.96. The number of aromatic hydroxyl groups is 1. The summed E-state index contributed by atoms with van der Waals surface area (Å²) in [4.78, 5) is 12.7. The topological polar surface area (TPSA) is 49.3 Å². The van der Waals surface area contributed by atoms with E-state index >= 15 is 0 Å². The van der Waals surface area contributed by atoms with Crippen LogP contribution in [0.15, 0.2) is 18.2 Å². The van der Waals surface area contributed by atoms with Crippen LogP contribution in [0.5, 0.6) is 5.75 Å². The molecule has 1 aromatic carbocycles. The Hall–Kier alpha value is -1.51. The Morgan fingerprint density at radius 2 is 1.71 bits per heavy atom. The Labute approximate surface area is 125 Å². The molecule has 5 rings (SSSR count). The molecule has 0 saturated heterocycles. The summed E-state index contributed by atoms with van der Waals surface area (Å²) in [5.41, 5.74) is 1.59. The smallest absolute Gasteiger partial charge is 0.251 e. The first-order valence-electron chi connectivity index (χ1n) is 8.15. The number of benzene rings is 1. The van der Waals surface area contributed by atoms with Crippen LogP contribution in [0.3, 0.4) is 0 Å². The number of phenolic OH excluding ortho intramolecular Hbond substituents is 1. The summed E-state index contributed by atoms with van der Waals surface area (Å²) in [6.07, 6.45) is 7.65. The Morgan fingerprint density at radius 3 is 2.24 bits per heavy atom. The second-order valence-corrected chi connectivity index (χ2v) is 7.65. The van der Waals surface area contributed by atoms with Crippen molar-refractivity contribution in [2.24, 2.45) is 17.8 Å². The molecule has 4 fully saturated rings. The predicted octanol–water partition coefficient (Wildman–Crippen LogP) is 3.40. The van der Waals surface area contributed by atoms with E-state index in [1.165, 1.54) is 38.5 Å². The van der Waals surface area contributed by atoms with Gasteiger partial charge in [-0.1, -0.05) is 0 Å². The summed E-state index contributed by atoms with van der Waals surface area (Å²) in [6.45, 7) is 1.88. The van der Waals surface area contributed by atoms with Crippen molar-refractivity contribution >= 4 is 5.91 Å². The molecular weight excluding hydrogens is 262 g/mol. The van der Waals surface area contributed by atoms with Crippen molar-refractivity contribution in [3.05, 3.63) is 29.3 Å². The first-order valence-corrected chi connectivity index (χ1v) is 8.15. The van der Waals surface area contributed by atoms with Crippen molar-refractivity contribution in [3.63, 3.8) is 0 Å². The van der Waals surface area contributed by atoms with Crippen molar-refractivity contribution in [3.8, 4) is 5.75 Å². The number of hydrogen-bond acceptors (Lipinski definition) is 2. The molecule has 3 nitrogen and oxygen atoms in total. The van der Waals surface area contributed by atoms with Crippen LogP contribution in [-0.4, -0.2) is 16.6 Å². The standard InChI is InChI=1S/C18H23NO2/c1-11-4-15(20)2-3-16(11)17(21)19-18-8-12-5-13(9-18)7-14(6-12)10-18/h2-4,12-14,20H,5-10H2,1H3,(H,19,21). The minimum atomic E-state index is 0.0365. The average Bonchev–Trinajstić information content (AvgIpc) is 2.35. The molecule has 1 aromatic rings. The molecule has 0 aromatic heterocycles. The van der Waals surface area contributed by atoms with Gasteiger partial charge in [0.1, 0.15) is 5.75 Å². The molecule has 4 aliphatic rings. The van der Waals surface area contributed by atoms with Gasteiger partial charge in [0.25, 0.3) is 5.91 Å². The molecular formula is C18H23NO2. The summed E-state index contributed by atoms with van der Waals surface area (Å²) in [5.74, 6) is 2.75. The van der Waals surface area contributed by atoms with Crippen LogP contribution >= 0.6 is 0 Å². The molecule has 2 N–H and O–H groups in total. The van der Waals surface area contributed by atoms with Gasteiger partial charge in [0.15, 0.2) is 0 Å². The molecule has 0 unspecified atom stereocenters. The minimum absolute atomic E-state index is 0.0365. The summed E-state index contributed by atoms with van der Waals surface area (Å²) in [7, 11) is 0. The van der Waals surface area contributed by atoms with Crippen molar-refractivity contribution in [2.45, 2.75) is 51.0 Å². The van der Waals surface area contributed by atoms with E-state index < -0.39 is 0 Å². The minimum Gasteiger partial charge on any atom is -0.508 e. The number of carbonyl (C=O) groups is 1. The second-order valence-electron chi connectivity index (χ2n) is 7.65. The lowest BCUT2D eigenvalue weighted by Gasteiger charge is -2.56. The van der Waals surface area contributed by atoms with Crippen LogP contribution in [0.1, 0.15) is 54.4 Å². The molecule has 0 spiro atoms. The highest BCUT2D eigenvalue weighted by Gasteiger charge is 2.51. The maximum Gasteiger partial charge on any atom is 0.251 e. The van der Waals surface area contributed by atoms with E-state index in [1.807, 2.05) is 6.92 Å². The fourth-order valence-electron chi connectivity index (χ4n) is 5.47. The van der Waals surface area contributed by atoms with E-state index in [0.717, 1.165) is 23.3 Å². The van der Waals surface area contributed by atoms with Gasteiger partial charge in [-0.3, -0.25) is 4.79 Å². The zero-order valence-corrected chi connectivity index (χ0v) is 12.6. The number of hydrogen-bond donors (Lipinski definition) is 2. The van der Waals surface area contributed by atoms with Crippen molar-refractivity contribution < 1.29 is 9.90 Å². The molecule has 21 heavy (non-hydrogen) atoms. The summed E-state index contributed by atoms with van der Waals surface area (Å²) >= 11 is 0. The number of carbonyl (C=O) groups excluding carboxylic acids is 1. The average molecular weight is 285 g/mol. The fourth-order valence-corrected chi connectivity index (χ4v) is 5.47. The first-order chi connectivity index (χ1) is 10.0. The number of nitrogens with one attached hydrogen (secondary N) is 1. The van der Waals surface area contributed by atoms with Crippen LogP contribution in [0.2, 0.25) is 0 Å². The number of phenols is 1. The van der Waals surface area contributed by atoms with Crippen molar-refractivity contribution in [1.82, 2.24) is 5.32 Å². The van der Waals surface area contributed by atoms with E-state index in [-0.39, 0.29) is 17.2 Å². The van der Waals surface area contributed by atoms with Gasteiger partial charge in [-0.2, -0.15) is 0 Å². The van der Waals surface area contributed by atoms with Gasteiger partial charge in [0.2, 0.25) is 0 Å². The molecule has 0 aliphatic heterocycles. The molecule has 1 amide bonds. The zero-order chi connectivity index (χ0) is 14.6. The van der Waals surface area contributed by atoms with E-state index in [2.05, 4.69) is 5.32 Å². The van der Waals surface area contributed by atoms with E-state index in [1.54, 1.807) is 18.2 Å². The van der Waals surface area contributed by atoms with Gasteiger partial charge < -0.3 is 10.4 Å². The van der Waals surface area contributed by atoms with Crippen LogP contribution in [0, 0.1) is 24.7 Å². The Kier molecular flexibility index (Phi) is 2.82. The molecule has 112 valence electrons. The number of amides is 1. The molecule has 0 atom stereocenters. The van der Waals surface area contributed by atoms with E-state index in [4.69, 9.17) is 0 Å². The number of rotatable bonds is 2. The summed E-state index contributed by atoms with van der Waals surface area (Å²) in [5, 5.41) is 12.9. The predicted molar refractivity (Wildman–Crippen MR) is 81.2 cm³/mol. The van der Waals surface area contributed by atoms with Gasteiger partial charge >= 0.3 is 0 Å². The van der Waals surface area contributed by atoms with Crippen LogP contribution in [-0.2, 0) is 0 Å². The SMILES string of the molecule is Cc1cc(O)ccc1C(=O)NC12CC3CC(CC(C3)C1)C2. The van der Waals surface area contributed by atoms with Crippen LogP contribution < -0.4 is 5.32 Å². The monoisotopic (exact) mass is 285 g/mol. The highest BCUT2D eigenvalue weighted by atomic mass is 16.3.